The molecule has 0 aromatic carbocycles. The molecule has 0 aliphatic carbocycles. The summed E-state index contributed by atoms with van der Waals surface area (Å²) in [5.74, 6) is 0. The molecule has 0 aromatic rings. The van der Waals surface area contributed by atoms with E-state index in [0.717, 1.165) is 0 Å². The van der Waals surface area contributed by atoms with Crippen molar-refractivity contribution in [3.05, 3.63) is 0 Å². The van der Waals surface area contributed by atoms with Crippen LogP contribution in [0, 0.1) is 0 Å². The Kier molecular flexibility index (Phi) is 400. The molecule has 0 aliphatic rings. The second-order valence-corrected chi connectivity index (χ2v) is 0. The van der Waals surface area contributed by atoms with Gasteiger partial charge in [0.2, 0.25) is 0 Å². The Hall–Kier alpha value is 1.44. The number of rotatable bonds is 0. The van der Waals surface area contributed by atoms with Crippen LogP contribution in [0.1, 0.15) is 0 Å². The molecule has 0 saturated carbocycles. The molecule has 4 N–H and O–H groups in total. The van der Waals surface area contributed by atoms with Crippen molar-refractivity contribution < 1.29 is 21.0 Å². The molecule has 0 unspecified atom stereocenters. The van der Waals surface area contributed by atoms with E-state index in [1.807, 2.05) is 0 Å². The number of hydrogen-bond donors (Lipinski definition) is 4. The van der Waals surface area contributed by atoms with Gasteiger partial charge in [0, 0.05) is 0 Å². The zero-order chi connectivity index (χ0) is 4.00. The van der Waals surface area contributed by atoms with Crippen LogP contribution in [0.25, 0.3) is 0 Å². The zero-order valence-electron chi connectivity index (χ0n) is 1.79. The molecule has 4 nitrogen and oxygen atoms in total. The van der Waals surface area contributed by atoms with Crippen LogP contribution in [-0.4, -0.2) is 69.4 Å². The van der Waals surface area contributed by atoms with E-state index in [0.29, 0.717) is 0 Å². The first-order valence-electron chi connectivity index (χ1n) is 0.400. The van der Waals surface area contributed by atoms with Crippen LogP contribution in [-0.2, 0) is 0 Å². The van der Waals surface area contributed by atoms with Crippen LogP contribution in [0.2, 0.25) is 0 Å². The van der Waals surface area contributed by atoms with Crippen molar-refractivity contribution >= 4 is 48.4 Å². The quantitative estimate of drug-likeness (QED) is 0.174. The third-order valence-corrected chi connectivity index (χ3v) is 0. The van der Waals surface area contributed by atoms with Crippen LogP contribution in [0.5, 0.6) is 0 Å². The average Bonchev–Trinajstić information content (AvgIpc) is 1.50. The minimum atomic E-state index is 0. The van der Waals surface area contributed by atoms with Crippen molar-refractivity contribution in [2.75, 3.05) is 0 Å². The van der Waals surface area contributed by atoms with Gasteiger partial charge in [0.15, 0.2) is 0 Å². The maximum absolute atomic E-state index is 6.00. The van der Waals surface area contributed by atoms with E-state index in [-0.39, 0.29) is 48.4 Å². The van der Waals surface area contributed by atoms with E-state index in [9.17, 15) is 0 Å². The summed E-state index contributed by atoms with van der Waals surface area (Å²) >= 11 is 0. The van der Waals surface area contributed by atoms with Gasteiger partial charge in [-0.15, -0.1) is 0 Å². The van der Waals surface area contributed by atoms with Gasteiger partial charge in [-0.25, -0.2) is 0 Å². The molecule has 0 bridgehead atoms. The summed E-state index contributed by atoms with van der Waals surface area (Å²) < 4.78 is 0. The molecule has 0 amide bonds. The van der Waals surface area contributed by atoms with Crippen LogP contribution in [0.15, 0.2) is 0 Å². The molecule has 6 heteroatoms. The zero-order valence-corrected chi connectivity index (χ0v) is 1.79. The summed E-state index contributed by atoms with van der Waals surface area (Å²) in [6.07, 6.45) is 0. The van der Waals surface area contributed by atoms with E-state index in [4.69, 9.17) is 21.0 Å². The summed E-state index contributed by atoms with van der Waals surface area (Å²) in [5, 5.41) is 24.0. The molecule has 0 aliphatic heterocycles. The molecular formula is H6LiNaO4. The van der Waals surface area contributed by atoms with E-state index < -0.39 is 0 Å². The molecule has 32 valence electrons. The Morgan fingerprint density at radius 1 is 0.667 bits per heavy atom. The van der Waals surface area contributed by atoms with Crippen molar-refractivity contribution in [3.8, 4) is 0 Å². The molecule has 0 rings (SSSR count). The predicted molar refractivity (Wildman–Crippen MR) is 24.8 cm³/mol. The van der Waals surface area contributed by atoms with Crippen LogP contribution in [0.3, 0.4) is 0 Å². The van der Waals surface area contributed by atoms with Gasteiger partial charge >= 0.3 is 48.4 Å². The first kappa shape index (κ1) is 26.1. The van der Waals surface area contributed by atoms with E-state index in [2.05, 4.69) is 0 Å². The summed E-state index contributed by atoms with van der Waals surface area (Å²) in [6.45, 7) is 0. The molecule has 0 aromatic heterocycles. The summed E-state index contributed by atoms with van der Waals surface area (Å²) in [7, 11) is 0. The molecule has 0 radical (unpaired) electrons. The van der Waals surface area contributed by atoms with Crippen molar-refractivity contribution in [1.82, 2.24) is 0 Å². The Labute approximate surface area is 69.1 Å². The Bertz CT molecular complexity index is 7.51. The summed E-state index contributed by atoms with van der Waals surface area (Å²) in [4.78, 5) is 0. The van der Waals surface area contributed by atoms with Gasteiger partial charge in [-0.05, 0) is 0 Å². The normalized spacial score (nSPS) is 2.00. The van der Waals surface area contributed by atoms with Crippen molar-refractivity contribution in [3.63, 3.8) is 0 Å². The first-order valence-corrected chi connectivity index (χ1v) is 0.400. The average molecular weight is 100.0 g/mol. The van der Waals surface area contributed by atoms with Crippen molar-refractivity contribution in [2.45, 2.75) is 0 Å². The Balaban J connectivity index is -0.00000000500. The molecule has 0 heterocycles. The van der Waals surface area contributed by atoms with Gasteiger partial charge in [0.05, 0.1) is 0 Å². The number of hydrogen-bond acceptors (Lipinski definition) is 4. The fourth-order valence-electron chi connectivity index (χ4n) is 0. The molecule has 0 spiro atoms. The first-order chi connectivity index (χ1) is 2.00. The van der Waals surface area contributed by atoms with Gasteiger partial charge in [-0.1, -0.05) is 0 Å². The van der Waals surface area contributed by atoms with Crippen LogP contribution >= 0.6 is 0 Å². The SMILES string of the molecule is OO.OO.[LiH].[NaH]. The predicted octanol–water partition coefficient (Wildman–Crippen LogP) is -1.26. The minimum absolute atomic E-state index is 0. The van der Waals surface area contributed by atoms with Gasteiger partial charge in [0.1, 0.15) is 0 Å². The van der Waals surface area contributed by atoms with Crippen molar-refractivity contribution in [1.29, 1.82) is 0 Å². The fraction of sp³-hybridized carbons (Fsp3) is 0. The Morgan fingerprint density at radius 3 is 0.667 bits per heavy atom. The standard InChI is InChI=1S/Li.Na.2H2O2.2H/c;;2*1-2;;/h;;2*1-2H;;. The van der Waals surface area contributed by atoms with Gasteiger partial charge in [-0.3, -0.25) is 21.0 Å². The van der Waals surface area contributed by atoms with E-state index in [1.165, 1.54) is 0 Å². The summed E-state index contributed by atoms with van der Waals surface area (Å²) in [5.41, 5.74) is 0. The Morgan fingerprint density at radius 2 is 0.667 bits per heavy atom. The van der Waals surface area contributed by atoms with Crippen molar-refractivity contribution in [2.24, 2.45) is 0 Å². The summed E-state index contributed by atoms with van der Waals surface area (Å²) in [6, 6.07) is 0. The third-order valence-electron chi connectivity index (χ3n) is 0. The molecule has 0 saturated heterocycles. The molecule has 0 atom stereocenters. The second-order valence-electron chi connectivity index (χ2n) is 0. The van der Waals surface area contributed by atoms with E-state index in [1.54, 1.807) is 0 Å². The van der Waals surface area contributed by atoms with Gasteiger partial charge < -0.3 is 0 Å². The van der Waals surface area contributed by atoms with Gasteiger partial charge in [-0.2, -0.15) is 0 Å². The van der Waals surface area contributed by atoms with Gasteiger partial charge in [0.25, 0.3) is 0 Å². The monoisotopic (exact) mass is 100 g/mol. The topological polar surface area (TPSA) is 80.9 Å². The molecular weight excluding hydrogens is 93.9 g/mol. The fourth-order valence-corrected chi connectivity index (χ4v) is 0. The third kappa shape index (κ3) is 51.8. The molecule has 0 fully saturated rings. The molecule has 6 heavy (non-hydrogen) atoms. The second kappa shape index (κ2) is 92.1. The van der Waals surface area contributed by atoms with E-state index >= 15 is 0 Å². The maximum atomic E-state index is 6.00. The van der Waals surface area contributed by atoms with Crippen LogP contribution < -0.4 is 0 Å². The van der Waals surface area contributed by atoms with Crippen LogP contribution in [0.4, 0.5) is 0 Å².